The lowest BCUT2D eigenvalue weighted by atomic mass is 10.1. The Morgan fingerprint density at radius 3 is 1.97 bits per heavy atom. The van der Waals surface area contributed by atoms with Crippen LogP contribution in [0.2, 0.25) is 0 Å². The van der Waals surface area contributed by atoms with E-state index in [9.17, 15) is 9.59 Å². The quantitative estimate of drug-likeness (QED) is 0.449. The second-order valence-electron chi connectivity index (χ2n) is 8.18. The topological polar surface area (TPSA) is 49.4 Å². The Kier molecular flexibility index (Phi) is 9.44. The minimum absolute atomic E-state index is 0.0448. The van der Waals surface area contributed by atoms with Crippen LogP contribution in [0.25, 0.3) is 0 Å². The van der Waals surface area contributed by atoms with E-state index >= 15 is 0 Å². The van der Waals surface area contributed by atoms with E-state index in [1.807, 2.05) is 69.3 Å². The summed E-state index contributed by atoms with van der Waals surface area (Å²) in [6, 6.07) is 15.3. The highest BCUT2D eigenvalue weighted by molar-refractivity contribution is 9.10. The molecule has 0 radical (unpaired) electrons. The molecular weight excluding hydrogens is 528 g/mol. The van der Waals surface area contributed by atoms with Crippen LogP contribution in [0.4, 0.5) is 0 Å². The molecule has 0 saturated heterocycles. The standard InChI is InChI=1S/C23H28Br2N2O2S/c1-16(22(29)26-23(2,3)4)27(13-17-5-9-19(24)10-6-17)21(28)15-30-14-18-7-11-20(25)12-8-18/h5-12,16H,13-15H2,1-4H3,(H,26,29). The Bertz CT molecular complexity index is 849. The first kappa shape index (κ1) is 25.0. The molecule has 1 atom stereocenters. The first-order valence-electron chi connectivity index (χ1n) is 9.73. The molecule has 0 aliphatic heterocycles. The SMILES string of the molecule is CC(C(=O)NC(C)(C)C)N(Cc1ccc(Br)cc1)C(=O)CSCc1ccc(Br)cc1. The molecule has 2 aromatic carbocycles. The van der Waals surface area contributed by atoms with Crippen LogP contribution in [0, 0.1) is 0 Å². The van der Waals surface area contributed by atoms with Crippen LogP contribution in [0.3, 0.4) is 0 Å². The van der Waals surface area contributed by atoms with E-state index < -0.39 is 6.04 Å². The van der Waals surface area contributed by atoms with Crippen molar-refractivity contribution in [3.63, 3.8) is 0 Å². The number of benzene rings is 2. The number of hydrogen-bond donors (Lipinski definition) is 1. The highest BCUT2D eigenvalue weighted by atomic mass is 79.9. The zero-order valence-corrected chi connectivity index (χ0v) is 21.7. The number of amides is 2. The van der Waals surface area contributed by atoms with Gasteiger partial charge in [0.1, 0.15) is 6.04 Å². The Hall–Kier alpha value is -1.31. The summed E-state index contributed by atoms with van der Waals surface area (Å²) in [4.78, 5) is 27.5. The van der Waals surface area contributed by atoms with Gasteiger partial charge in [0, 0.05) is 26.8 Å². The van der Waals surface area contributed by atoms with Crippen molar-refractivity contribution in [3.8, 4) is 0 Å². The van der Waals surface area contributed by atoms with E-state index in [-0.39, 0.29) is 17.4 Å². The number of rotatable bonds is 8. The second-order valence-corrected chi connectivity index (χ2v) is 11.0. The molecule has 0 spiro atoms. The lowest BCUT2D eigenvalue weighted by Gasteiger charge is -2.31. The first-order chi connectivity index (χ1) is 14.0. The molecular formula is C23H28Br2N2O2S. The van der Waals surface area contributed by atoms with Crippen molar-refractivity contribution < 1.29 is 9.59 Å². The van der Waals surface area contributed by atoms with E-state index in [2.05, 4.69) is 37.2 Å². The number of carbonyl (C=O) groups excluding carboxylic acids is 2. The molecule has 0 aliphatic carbocycles. The maximum atomic E-state index is 13.1. The predicted octanol–water partition coefficient (Wildman–Crippen LogP) is 5.78. The van der Waals surface area contributed by atoms with E-state index in [1.165, 1.54) is 0 Å². The van der Waals surface area contributed by atoms with Gasteiger partial charge in [0.05, 0.1) is 5.75 Å². The van der Waals surface area contributed by atoms with E-state index in [0.717, 1.165) is 25.8 Å². The summed E-state index contributed by atoms with van der Waals surface area (Å²) in [6.07, 6.45) is 0. The first-order valence-corrected chi connectivity index (χ1v) is 12.5. The van der Waals surface area contributed by atoms with E-state index in [4.69, 9.17) is 0 Å². The largest absolute Gasteiger partial charge is 0.350 e. The highest BCUT2D eigenvalue weighted by Gasteiger charge is 2.28. The average Bonchev–Trinajstić information content (AvgIpc) is 2.67. The van der Waals surface area contributed by atoms with Crippen LogP contribution in [0.5, 0.6) is 0 Å². The molecule has 2 amide bonds. The summed E-state index contributed by atoms with van der Waals surface area (Å²) in [7, 11) is 0. The van der Waals surface area contributed by atoms with Crippen LogP contribution >= 0.6 is 43.6 Å². The van der Waals surface area contributed by atoms with Gasteiger partial charge in [-0.15, -0.1) is 11.8 Å². The zero-order chi connectivity index (χ0) is 22.3. The number of carbonyl (C=O) groups is 2. The van der Waals surface area contributed by atoms with Crippen LogP contribution in [-0.4, -0.2) is 34.0 Å². The molecule has 2 aromatic rings. The fraction of sp³-hybridized carbons (Fsp3) is 0.391. The van der Waals surface area contributed by atoms with Gasteiger partial charge in [0.25, 0.3) is 0 Å². The number of hydrogen-bond acceptors (Lipinski definition) is 3. The van der Waals surface area contributed by atoms with Crippen molar-refractivity contribution in [1.82, 2.24) is 10.2 Å². The lowest BCUT2D eigenvalue weighted by Crippen LogP contribution is -2.52. The minimum Gasteiger partial charge on any atom is -0.350 e. The fourth-order valence-corrected chi connectivity index (χ4v) is 4.16. The van der Waals surface area contributed by atoms with E-state index in [1.54, 1.807) is 23.6 Å². The lowest BCUT2D eigenvalue weighted by molar-refractivity contribution is -0.139. The van der Waals surface area contributed by atoms with Gasteiger partial charge in [0.2, 0.25) is 11.8 Å². The van der Waals surface area contributed by atoms with Gasteiger partial charge in [0.15, 0.2) is 0 Å². The van der Waals surface area contributed by atoms with Gasteiger partial charge in [-0.2, -0.15) is 0 Å². The van der Waals surface area contributed by atoms with Gasteiger partial charge >= 0.3 is 0 Å². The summed E-state index contributed by atoms with van der Waals surface area (Å²) >= 11 is 8.43. The molecule has 7 heteroatoms. The van der Waals surface area contributed by atoms with Crippen molar-refractivity contribution >= 4 is 55.4 Å². The molecule has 1 N–H and O–H groups in total. The zero-order valence-electron chi connectivity index (χ0n) is 17.7. The van der Waals surface area contributed by atoms with Crippen molar-refractivity contribution in [2.24, 2.45) is 0 Å². The normalized spacial score (nSPS) is 12.3. The molecule has 0 fully saturated rings. The third-order valence-corrected chi connectivity index (χ3v) is 6.39. The third-order valence-electron chi connectivity index (χ3n) is 4.34. The summed E-state index contributed by atoms with van der Waals surface area (Å²) in [5, 5.41) is 2.98. The maximum Gasteiger partial charge on any atom is 0.242 e. The van der Waals surface area contributed by atoms with Crippen molar-refractivity contribution in [2.75, 3.05) is 5.75 Å². The molecule has 0 aliphatic rings. The molecule has 0 saturated carbocycles. The number of nitrogens with one attached hydrogen (secondary N) is 1. The molecule has 0 aromatic heterocycles. The number of nitrogens with zero attached hydrogens (tertiary/aromatic N) is 1. The summed E-state index contributed by atoms with van der Waals surface area (Å²) in [5.74, 6) is 0.871. The molecule has 1 unspecified atom stereocenters. The van der Waals surface area contributed by atoms with Crippen molar-refractivity contribution in [3.05, 3.63) is 68.6 Å². The monoisotopic (exact) mass is 554 g/mol. The van der Waals surface area contributed by atoms with Gasteiger partial charge < -0.3 is 10.2 Å². The van der Waals surface area contributed by atoms with Gasteiger partial charge in [-0.1, -0.05) is 56.1 Å². The van der Waals surface area contributed by atoms with Gasteiger partial charge in [-0.25, -0.2) is 0 Å². The Balaban J connectivity index is 2.08. The number of halogens is 2. The van der Waals surface area contributed by atoms with Crippen LogP contribution < -0.4 is 5.32 Å². The van der Waals surface area contributed by atoms with Gasteiger partial charge in [-0.05, 0) is 63.1 Å². The van der Waals surface area contributed by atoms with Crippen LogP contribution in [0.15, 0.2) is 57.5 Å². The maximum absolute atomic E-state index is 13.1. The minimum atomic E-state index is -0.561. The summed E-state index contributed by atoms with van der Waals surface area (Å²) < 4.78 is 2.01. The van der Waals surface area contributed by atoms with Crippen LogP contribution in [-0.2, 0) is 21.9 Å². The average molecular weight is 556 g/mol. The molecule has 162 valence electrons. The predicted molar refractivity (Wildman–Crippen MR) is 132 cm³/mol. The van der Waals surface area contributed by atoms with Crippen molar-refractivity contribution in [2.45, 2.75) is 51.6 Å². The highest BCUT2D eigenvalue weighted by Crippen LogP contribution is 2.19. The van der Waals surface area contributed by atoms with Crippen LogP contribution in [0.1, 0.15) is 38.8 Å². The summed E-state index contributed by atoms with van der Waals surface area (Å²) in [6.45, 7) is 7.99. The Morgan fingerprint density at radius 1 is 0.967 bits per heavy atom. The molecule has 0 heterocycles. The molecule has 2 rings (SSSR count). The number of thioether (sulfide) groups is 1. The van der Waals surface area contributed by atoms with E-state index in [0.29, 0.717) is 12.3 Å². The second kappa shape index (κ2) is 11.3. The fourth-order valence-electron chi connectivity index (χ4n) is 2.76. The molecule has 30 heavy (non-hydrogen) atoms. The molecule has 4 nitrogen and oxygen atoms in total. The van der Waals surface area contributed by atoms with Crippen molar-refractivity contribution in [1.29, 1.82) is 0 Å². The summed E-state index contributed by atoms with van der Waals surface area (Å²) in [5.41, 5.74) is 1.79. The Labute approximate surface area is 200 Å². The molecule has 0 bridgehead atoms. The van der Waals surface area contributed by atoms with Gasteiger partial charge in [-0.3, -0.25) is 9.59 Å². The smallest absolute Gasteiger partial charge is 0.242 e. The third kappa shape index (κ3) is 8.44. The Morgan fingerprint density at radius 2 is 1.47 bits per heavy atom.